The van der Waals surface area contributed by atoms with E-state index in [1.165, 1.54) is 31.4 Å². The van der Waals surface area contributed by atoms with Crippen molar-refractivity contribution in [3.8, 4) is 5.88 Å². The third kappa shape index (κ3) is 6.89. The van der Waals surface area contributed by atoms with Crippen LogP contribution in [0.5, 0.6) is 5.88 Å². The molecule has 3 N–H and O–H groups in total. The number of hydrogen-bond acceptors (Lipinski definition) is 5. The Kier molecular flexibility index (Phi) is 9.04. The standard InChI is InChI=1S/C15H27N3OS/c1-3-11-19-15-13(16)8-9-14(18-15)17-10-6-4-5-7-12-20-2/h8-9H,3-7,10-12,16H2,1-2H3,(H,17,18). The summed E-state index contributed by atoms with van der Waals surface area (Å²) >= 11 is 1.92. The monoisotopic (exact) mass is 297 g/mol. The van der Waals surface area contributed by atoms with Crippen LogP contribution in [0.15, 0.2) is 12.1 Å². The molecule has 0 saturated heterocycles. The summed E-state index contributed by atoms with van der Waals surface area (Å²) in [6.07, 6.45) is 8.17. The highest BCUT2D eigenvalue weighted by atomic mass is 32.2. The molecule has 0 radical (unpaired) electrons. The number of nitrogens with one attached hydrogen (secondary N) is 1. The average Bonchev–Trinajstić information content (AvgIpc) is 2.46. The summed E-state index contributed by atoms with van der Waals surface area (Å²) < 4.78 is 5.52. The molecule has 1 rings (SSSR count). The number of pyridine rings is 1. The van der Waals surface area contributed by atoms with Crippen molar-refractivity contribution in [2.45, 2.75) is 39.0 Å². The molecule has 1 aromatic heterocycles. The van der Waals surface area contributed by atoms with Crippen LogP contribution in [0.1, 0.15) is 39.0 Å². The van der Waals surface area contributed by atoms with Crippen LogP contribution >= 0.6 is 11.8 Å². The highest BCUT2D eigenvalue weighted by molar-refractivity contribution is 7.98. The number of hydrogen-bond donors (Lipinski definition) is 2. The van der Waals surface area contributed by atoms with E-state index in [0.29, 0.717) is 18.2 Å². The predicted octanol–water partition coefficient (Wildman–Crippen LogP) is 3.79. The Labute approximate surface area is 126 Å². The van der Waals surface area contributed by atoms with Crippen LogP contribution in [-0.4, -0.2) is 30.1 Å². The molecule has 0 atom stereocenters. The Morgan fingerprint density at radius 3 is 2.80 bits per heavy atom. The molecule has 0 bridgehead atoms. The molecule has 0 aliphatic rings. The molecule has 4 nitrogen and oxygen atoms in total. The number of nitrogen functional groups attached to an aromatic ring is 1. The summed E-state index contributed by atoms with van der Waals surface area (Å²) in [5, 5.41) is 3.33. The molecule has 0 amide bonds. The fourth-order valence-electron chi connectivity index (χ4n) is 1.81. The Balaban J connectivity index is 2.26. The lowest BCUT2D eigenvalue weighted by Crippen LogP contribution is -2.06. The number of nitrogens with two attached hydrogens (primary N) is 1. The predicted molar refractivity (Wildman–Crippen MR) is 89.8 cm³/mol. The number of thioether (sulfide) groups is 1. The number of unbranched alkanes of at least 4 members (excludes halogenated alkanes) is 3. The molecule has 0 spiro atoms. The average molecular weight is 297 g/mol. The van der Waals surface area contributed by atoms with Crippen molar-refractivity contribution in [3.05, 3.63) is 12.1 Å². The van der Waals surface area contributed by atoms with Gasteiger partial charge in [0.2, 0.25) is 5.88 Å². The lowest BCUT2D eigenvalue weighted by molar-refractivity contribution is 0.307. The highest BCUT2D eigenvalue weighted by Gasteiger charge is 2.03. The quantitative estimate of drug-likeness (QED) is 0.609. The van der Waals surface area contributed by atoms with Crippen LogP contribution in [0.3, 0.4) is 0 Å². The minimum Gasteiger partial charge on any atom is -0.476 e. The SMILES string of the molecule is CCCOc1nc(NCCCCCCSC)ccc1N. The van der Waals surface area contributed by atoms with Gasteiger partial charge in [0.15, 0.2) is 0 Å². The van der Waals surface area contributed by atoms with E-state index in [2.05, 4.69) is 23.5 Å². The molecule has 0 aliphatic heterocycles. The van der Waals surface area contributed by atoms with Crippen LogP contribution in [-0.2, 0) is 0 Å². The van der Waals surface area contributed by atoms with Gasteiger partial charge in [0, 0.05) is 6.54 Å². The van der Waals surface area contributed by atoms with Gasteiger partial charge in [0.1, 0.15) is 5.82 Å². The van der Waals surface area contributed by atoms with Crippen molar-refractivity contribution in [2.24, 2.45) is 0 Å². The number of nitrogens with zero attached hydrogens (tertiary/aromatic N) is 1. The summed E-state index contributed by atoms with van der Waals surface area (Å²) in [5.74, 6) is 2.65. The minimum absolute atomic E-state index is 0.539. The fourth-order valence-corrected chi connectivity index (χ4v) is 2.30. The first kappa shape index (κ1) is 17.0. The zero-order valence-electron chi connectivity index (χ0n) is 12.7. The van der Waals surface area contributed by atoms with Gasteiger partial charge < -0.3 is 15.8 Å². The van der Waals surface area contributed by atoms with Crippen molar-refractivity contribution >= 4 is 23.3 Å². The molecule has 0 aliphatic carbocycles. The van der Waals surface area contributed by atoms with Gasteiger partial charge in [-0.25, -0.2) is 0 Å². The van der Waals surface area contributed by atoms with Crippen LogP contribution in [0.2, 0.25) is 0 Å². The molecule has 1 heterocycles. The maximum Gasteiger partial charge on any atom is 0.239 e. The second kappa shape index (κ2) is 10.7. The van der Waals surface area contributed by atoms with Crippen molar-refractivity contribution in [2.75, 3.05) is 36.2 Å². The molecular weight excluding hydrogens is 270 g/mol. The molecule has 0 unspecified atom stereocenters. The number of aromatic nitrogens is 1. The van der Waals surface area contributed by atoms with Crippen molar-refractivity contribution in [1.29, 1.82) is 0 Å². The molecule has 114 valence electrons. The number of anilines is 2. The Hall–Kier alpha value is -1.10. The smallest absolute Gasteiger partial charge is 0.239 e. The van der Waals surface area contributed by atoms with Gasteiger partial charge >= 0.3 is 0 Å². The third-order valence-electron chi connectivity index (χ3n) is 2.91. The van der Waals surface area contributed by atoms with E-state index < -0.39 is 0 Å². The van der Waals surface area contributed by atoms with Crippen LogP contribution in [0.4, 0.5) is 11.5 Å². The first-order valence-corrected chi connectivity index (χ1v) is 8.79. The summed E-state index contributed by atoms with van der Waals surface area (Å²) in [6, 6.07) is 3.75. The molecule has 0 fully saturated rings. The third-order valence-corrected chi connectivity index (χ3v) is 3.61. The molecule has 5 heteroatoms. The molecular formula is C15H27N3OS. The second-order valence-corrected chi connectivity index (χ2v) is 5.76. The van der Waals surface area contributed by atoms with E-state index >= 15 is 0 Å². The van der Waals surface area contributed by atoms with Gasteiger partial charge in [0.05, 0.1) is 12.3 Å². The molecule has 0 aromatic carbocycles. The minimum atomic E-state index is 0.539. The van der Waals surface area contributed by atoms with Crippen molar-refractivity contribution < 1.29 is 4.74 Å². The normalized spacial score (nSPS) is 10.5. The summed E-state index contributed by atoms with van der Waals surface area (Å²) in [6.45, 7) is 3.66. The number of ether oxygens (including phenoxy) is 1. The van der Waals surface area contributed by atoms with Gasteiger partial charge in [-0.2, -0.15) is 16.7 Å². The van der Waals surface area contributed by atoms with Crippen molar-refractivity contribution in [1.82, 2.24) is 4.98 Å². The largest absolute Gasteiger partial charge is 0.476 e. The Morgan fingerprint density at radius 1 is 1.25 bits per heavy atom. The van der Waals surface area contributed by atoms with Gasteiger partial charge in [-0.15, -0.1) is 0 Å². The highest BCUT2D eigenvalue weighted by Crippen LogP contribution is 2.21. The first-order chi connectivity index (χ1) is 9.77. The summed E-state index contributed by atoms with van der Waals surface area (Å²) in [7, 11) is 0. The van der Waals surface area contributed by atoms with Gasteiger partial charge in [0.25, 0.3) is 0 Å². The molecule has 0 saturated carbocycles. The van der Waals surface area contributed by atoms with E-state index in [0.717, 1.165) is 18.8 Å². The van der Waals surface area contributed by atoms with Crippen LogP contribution in [0, 0.1) is 0 Å². The first-order valence-electron chi connectivity index (χ1n) is 7.40. The molecule has 1 aromatic rings. The maximum atomic E-state index is 5.84. The van der Waals surface area contributed by atoms with Gasteiger partial charge in [-0.1, -0.05) is 19.8 Å². The van der Waals surface area contributed by atoms with Crippen LogP contribution < -0.4 is 15.8 Å². The second-order valence-electron chi connectivity index (χ2n) is 4.77. The Bertz CT molecular complexity index is 374. The van der Waals surface area contributed by atoms with E-state index in [-0.39, 0.29) is 0 Å². The van der Waals surface area contributed by atoms with E-state index in [4.69, 9.17) is 10.5 Å². The van der Waals surface area contributed by atoms with Crippen molar-refractivity contribution in [3.63, 3.8) is 0 Å². The lowest BCUT2D eigenvalue weighted by Gasteiger charge is -2.10. The van der Waals surface area contributed by atoms with Gasteiger partial charge in [-0.05, 0) is 43.4 Å². The van der Waals surface area contributed by atoms with Crippen LogP contribution in [0.25, 0.3) is 0 Å². The maximum absolute atomic E-state index is 5.84. The number of rotatable bonds is 11. The topological polar surface area (TPSA) is 60.2 Å². The lowest BCUT2D eigenvalue weighted by atomic mass is 10.2. The van der Waals surface area contributed by atoms with E-state index in [1.807, 2.05) is 23.9 Å². The van der Waals surface area contributed by atoms with Gasteiger partial charge in [-0.3, -0.25) is 0 Å². The Morgan fingerprint density at radius 2 is 2.05 bits per heavy atom. The zero-order valence-corrected chi connectivity index (χ0v) is 13.5. The molecule has 20 heavy (non-hydrogen) atoms. The summed E-state index contributed by atoms with van der Waals surface area (Å²) in [4.78, 5) is 4.40. The summed E-state index contributed by atoms with van der Waals surface area (Å²) in [5.41, 5.74) is 6.43. The van der Waals surface area contributed by atoms with E-state index in [9.17, 15) is 0 Å². The fraction of sp³-hybridized carbons (Fsp3) is 0.667. The zero-order chi connectivity index (χ0) is 14.6. The van der Waals surface area contributed by atoms with E-state index in [1.54, 1.807) is 0 Å².